The van der Waals surface area contributed by atoms with Gasteiger partial charge in [-0.1, -0.05) is 12.1 Å². The molecule has 7 nitrogen and oxygen atoms in total. The van der Waals surface area contributed by atoms with Crippen molar-refractivity contribution in [2.45, 2.75) is 32.1 Å². The Bertz CT molecular complexity index is 935. The van der Waals surface area contributed by atoms with Gasteiger partial charge >= 0.3 is 0 Å². The van der Waals surface area contributed by atoms with Gasteiger partial charge in [0.05, 0.1) is 4.90 Å². The second-order valence-electron chi connectivity index (χ2n) is 6.50. The van der Waals surface area contributed by atoms with Crippen LogP contribution in [0.4, 0.5) is 11.4 Å². The SMILES string of the molecule is CCN(CC)c1ccc(NC(=O)CCNS(=O)(=O)c2ccc(C(C)=O)cc2)cc1. The number of benzene rings is 2. The summed E-state index contributed by atoms with van der Waals surface area (Å²) in [5.41, 5.74) is 2.18. The molecule has 2 rings (SSSR count). The van der Waals surface area contributed by atoms with Crippen LogP contribution in [0.5, 0.6) is 0 Å². The van der Waals surface area contributed by atoms with Gasteiger partial charge in [-0.2, -0.15) is 0 Å². The second kappa shape index (κ2) is 10.2. The average molecular weight is 418 g/mol. The van der Waals surface area contributed by atoms with E-state index in [-0.39, 0.29) is 29.6 Å². The Morgan fingerprint density at radius 3 is 2.03 bits per heavy atom. The van der Waals surface area contributed by atoms with Crippen LogP contribution < -0.4 is 14.9 Å². The summed E-state index contributed by atoms with van der Waals surface area (Å²) in [6, 6.07) is 13.2. The van der Waals surface area contributed by atoms with Gasteiger partial charge in [0.15, 0.2) is 5.78 Å². The fourth-order valence-corrected chi connectivity index (χ4v) is 3.85. The van der Waals surface area contributed by atoms with Crippen LogP contribution >= 0.6 is 0 Å². The molecule has 0 unspecified atom stereocenters. The number of anilines is 2. The van der Waals surface area contributed by atoms with Crippen molar-refractivity contribution in [2.24, 2.45) is 0 Å². The standard InChI is InChI=1S/C21H27N3O4S/c1-4-24(5-2)19-10-8-18(9-11-19)23-21(26)14-15-22-29(27,28)20-12-6-17(7-13-20)16(3)25/h6-13,22H,4-5,14-15H2,1-3H3,(H,23,26). The van der Waals surface area contributed by atoms with Crippen molar-refractivity contribution >= 4 is 33.1 Å². The maximum Gasteiger partial charge on any atom is 0.240 e. The monoisotopic (exact) mass is 417 g/mol. The average Bonchev–Trinajstić information content (AvgIpc) is 2.70. The molecule has 0 aliphatic heterocycles. The molecular formula is C21H27N3O4S. The first-order valence-corrected chi connectivity index (χ1v) is 11.0. The molecule has 156 valence electrons. The molecule has 0 aliphatic carbocycles. The van der Waals surface area contributed by atoms with E-state index in [1.165, 1.54) is 31.2 Å². The summed E-state index contributed by atoms with van der Waals surface area (Å²) in [6.45, 7) is 7.35. The van der Waals surface area contributed by atoms with Crippen LogP contribution in [0.2, 0.25) is 0 Å². The lowest BCUT2D eigenvalue weighted by Crippen LogP contribution is -2.28. The van der Waals surface area contributed by atoms with Gasteiger partial charge in [-0.25, -0.2) is 13.1 Å². The lowest BCUT2D eigenvalue weighted by molar-refractivity contribution is -0.116. The minimum absolute atomic E-state index is 0.00254. The Kier molecular flexibility index (Phi) is 7.92. The van der Waals surface area contributed by atoms with Gasteiger partial charge < -0.3 is 10.2 Å². The Morgan fingerprint density at radius 1 is 0.931 bits per heavy atom. The molecule has 0 fully saturated rings. The lowest BCUT2D eigenvalue weighted by Gasteiger charge is -2.21. The van der Waals surface area contributed by atoms with E-state index in [1.807, 2.05) is 24.3 Å². The van der Waals surface area contributed by atoms with Crippen LogP contribution in [0.25, 0.3) is 0 Å². The summed E-state index contributed by atoms with van der Waals surface area (Å²) in [5.74, 6) is -0.418. The normalized spacial score (nSPS) is 11.1. The summed E-state index contributed by atoms with van der Waals surface area (Å²) in [4.78, 5) is 25.6. The first-order chi connectivity index (χ1) is 13.8. The largest absolute Gasteiger partial charge is 0.372 e. The van der Waals surface area contributed by atoms with Crippen molar-refractivity contribution in [3.8, 4) is 0 Å². The van der Waals surface area contributed by atoms with Crippen molar-refractivity contribution in [3.05, 3.63) is 54.1 Å². The molecule has 1 amide bonds. The number of Topliss-reactive ketones (excluding diaryl/α,β-unsaturated/α-hetero) is 1. The van der Waals surface area contributed by atoms with E-state index in [1.54, 1.807) is 0 Å². The van der Waals surface area contributed by atoms with Crippen molar-refractivity contribution in [2.75, 3.05) is 29.9 Å². The molecule has 0 atom stereocenters. The van der Waals surface area contributed by atoms with Gasteiger partial charge in [-0.15, -0.1) is 0 Å². The third kappa shape index (κ3) is 6.40. The maximum absolute atomic E-state index is 12.3. The number of carbonyl (C=O) groups excluding carboxylic acids is 2. The summed E-state index contributed by atoms with van der Waals surface area (Å²) in [6.07, 6.45) is 0.00254. The van der Waals surface area contributed by atoms with Crippen molar-refractivity contribution in [3.63, 3.8) is 0 Å². The Morgan fingerprint density at radius 2 is 1.52 bits per heavy atom. The second-order valence-corrected chi connectivity index (χ2v) is 8.26. The van der Waals surface area contributed by atoms with Crippen molar-refractivity contribution in [1.29, 1.82) is 0 Å². The van der Waals surface area contributed by atoms with Crippen LogP contribution in [-0.4, -0.2) is 39.7 Å². The molecular weight excluding hydrogens is 390 g/mol. The molecule has 0 heterocycles. The van der Waals surface area contributed by atoms with Gasteiger partial charge in [0.25, 0.3) is 0 Å². The maximum atomic E-state index is 12.3. The fourth-order valence-electron chi connectivity index (χ4n) is 2.82. The summed E-state index contributed by atoms with van der Waals surface area (Å²) < 4.78 is 27.0. The molecule has 0 aliphatic rings. The Balaban J connectivity index is 1.86. The van der Waals surface area contributed by atoms with Crippen LogP contribution in [0, 0.1) is 0 Å². The van der Waals surface area contributed by atoms with E-state index in [0.29, 0.717) is 11.3 Å². The van der Waals surface area contributed by atoms with Crippen LogP contribution in [0.1, 0.15) is 37.6 Å². The lowest BCUT2D eigenvalue weighted by atomic mass is 10.2. The Hall–Kier alpha value is -2.71. The molecule has 0 saturated carbocycles. The number of hydrogen-bond acceptors (Lipinski definition) is 5. The minimum Gasteiger partial charge on any atom is -0.372 e. The molecule has 29 heavy (non-hydrogen) atoms. The number of hydrogen-bond donors (Lipinski definition) is 2. The van der Waals surface area contributed by atoms with Gasteiger partial charge in [-0.3, -0.25) is 9.59 Å². The first-order valence-electron chi connectivity index (χ1n) is 9.52. The number of ketones is 1. The van der Waals surface area contributed by atoms with E-state index in [4.69, 9.17) is 0 Å². The van der Waals surface area contributed by atoms with Gasteiger partial charge in [0, 0.05) is 43.0 Å². The predicted octanol–water partition coefficient (Wildman–Crippen LogP) is 3.04. The zero-order chi connectivity index (χ0) is 21.4. The molecule has 0 radical (unpaired) electrons. The molecule has 2 aromatic carbocycles. The number of rotatable bonds is 10. The minimum atomic E-state index is -3.74. The van der Waals surface area contributed by atoms with Gasteiger partial charge in [0.2, 0.25) is 15.9 Å². The molecule has 0 saturated heterocycles. The van der Waals surface area contributed by atoms with Crippen molar-refractivity contribution < 1.29 is 18.0 Å². The van der Waals surface area contributed by atoms with E-state index in [9.17, 15) is 18.0 Å². The topological polar surface area (TPSA) is 95.6 Å². The number of sulfonamides is 1. The Labute approximate surface area is 172 Å². The molecule has 8 heteroatoms. The van der Waals surface area contributed by atoms with Crippen LogP contribution in [-0.2, 0) is 14.8 Å². The first kappa shape index (κ1) is 22.6. The quantitative estimate of drug-likeness (QED) is 0.580. The molecule has 2 aromatic rings. The molecule has 0 spiro atoms. The highest BCUT2D eigenvalue weighted by Crippen LogP contribution is 2.18. The zero-order valence-electron chi connectivity index (χ0n) is 16.9. The van der Waals surface area contributed by atoms with Gasteiger partial charge in [0.1, 0.15) is 0 Å². The molecule has 0 bridgehead atoms. The summed E-state index contributed by atoms with van der Waals surface area (Å²) >= 11 is 0. The van der Waals surface area contributed by atoms with E-state index in [2.05, 4.69) is 28.8 Å². The van der Waals surface area contributed by atoms with Crippen LogP contribution in [0.15, 0.2) is 53.4 Å². The number of carbonyl (C=O) groups is 2. The van der Waals surface area contributed by atoms with E-state index < -0.39 is 10.0 Å². The molecule has 2 N–H and O–H groups in total. The smallest absolute Gasteiger partial charge is 0.240 e. The van der Waals surface area contributed by atoms with Gasteiger partial charge in [-0.05, 0) is 57.2 Å². The highest BCUT2D eigenvalue weighted by molar-refractivity contribution is 7.89. The zero-order valence-corrected chi connectivity index (χ0v) is 17.8. The number of nitrogens with zero attached hydrogens (tertiary/aromatic N) is 1. The fraction of sp³-hybridized carbons (Fsp3) is 0.333. The number of amides is 1. The van der Waals surface area contributed by atoms with E-state index in [0.717, 1.165) is 18.8 Å². The number of nitrogens with one attached hydrogen (secondary N) is 2. The molecule has 0 aromatic heterocycles. The summed E-state index contributed by atoms with van der Waals surface area (Å²) in [7, 11) is -3.74. The van der Waals surface area contributed by atoms with Crippen molar-refractivity contribution in [1.82, 2.24) is 4.72 Å². The van der Waals surface area contributed by atoms with Crippen LogP contribution in [0.3, 0.4) is 0 Å². The highest BCUT2D eigenvalue weighted by Gasteiger charge is 2.15. The van der Waals surface area contributed by atoms with E-state index >= 15 is 0 Å². The predicted molar refractivity (Wildman–Crippen MR) is 115 cm³/mol. The third-order valence-corrected chi connectivity index (χ3v) is 5.97. The third-order valence-electron chi connectivity index (χ3n) is 4.49. The summed E-state index contributed by atoms with van der Waals surface area (Å²) in [5, 5.41) is 2.76. The highest BCUT2D eigenvalue weighted by atomic mass is 32.2.